The van der Waals surface area contributed by atoms with Crippen molar-refractivity contribution in [2.45, 2.75) is 23.8 Å². The molecule has 1 aliphatic rings. The predicted octanol–water partition coefficient (Wildman–Crippen LogP) is 2.35. The molecule has 1 fully saturated rings. The molecule has 1 aromatic carbocycles. The third-order valence-electron chi connectivity index (χ3n) is 3.09. The highest BCUT2D eigenvalue weighted by molar-refractivity contribution is 7.99. The van der Waals surface area contributed by atoms with Crippen LogP contribution in [0.1, 0.15) is 23.2 Å². The van der Waals surface area contributed by atoms with Crippen LogP contribution >= 0.6 is 23.4 Å². The maximum Gasteiger partial charge on any atom is 0.337 e. The molecule has 0 unspecified atom stereocenters. The van der Waals surface area contributed by atoms with E-state index in [-0.39, 0.29) is 6.04 Å². The van der Waals surface area contributed by atoms with E-state index in [1.54, 1.807) is 11.8 Å². The summed E-state index contributed by atoms with van der Waals surface area (Å²) in [6, 6.07) is 1.38. The quantitative estimate of drug-likeness (QED) is 0.868. The lowest BCUT2D eigenvalue weighted by molar-refractivity contribution is 0.0696. The Balaban J connectivity index is 2.33. The van der Waals surface area contributed by atoms with E-state index in [4.69, 9.17) is 16.7 Å². The minimum Gasteiger partial charge on any atom is -0.478 e. The number of carboxylic acid groups (broad SMARTS) is 1. The fourth-order valence-electron chi connectivity index (χ4n) is 1.98. The van der Waals surface area contributed by atoms with Crippen molar-refractivity contribution < 1.29 is 22.7 Å². The monoisotopic (exact) mass is 353 g/mol. The highest BCUT2D eigenvalue weighted by atomic mass is 35.5. The van der Waals surface area contributed by atoms with E-state index >= 15 is 0 Å². The second-order valence-corrected chi connectivity index (χ2v) is 7.90. The predicted molar refractivity (Wildman–Crippen MR) is 79.0 cm³/mol. The molecule has 0 aliphatic carbocycles. The van der Waals surface area contributed by atoms with Crippen LogP contribution in [-0.4, -0.2) is 37.0 Å². The molecule has 1 heterocycles. The number of hydrogen-bond donors (Lipinski definition) is 2. The largest absolute Gasteiger partial charge is 0.478 e. The van der Waals surface area contributed by atoms with Gasteiger partial charge in [-0.2, -0.15) is 11.8 Å². The van der Waals surface area contributed by atoms with Crippen LogP contribution in [0.2, 0.25) is 5.02 Å². The Morgan fingerprint density at radius 2 is 2.00 bits per heavy atom. The van der Waals surface area contributed by atoms with E-state index < -0.39 is 37.3 Å². The van der Waals surface area contributed by atoms with E-state index in [1.807, 2.05) is 0 Å². The molecular weight excluding hydrogens is 341 g/mol. The topological polar surface area (TPSA) is 83.5 Å². The first kappa shape index (κ1) is 16.5. The molecule has 2 N–H and O–H groups in total. The molecule has 0 atom stereocenters. The van der Waals surface area contributed by atoms with E-state index in [0.717, 1.165) is 23.6 Å². The summed E-state index contributed by atoms with van der Waals surface area (Å²) in [4.78, 5) is 10.5. The lowest BCUT2D eigenvalue weighted by Gasteiger charge is -2.22. The van der Waals surface area contributed by atoms with Gasteiger partial charge in [0.2, 0.25) is 10.0 Å². The van der Waals surface area contributed by atoms with Gasteiger partial charge in [-0.3, -0.25) is 0 Å². The van der Waals surface area contributed by atoms with Crippen molar-refractivity contribution in [2.24, 2.45) is 0 Å². The molecule has 2 rings (SSSR count). The van der Waals surface area contributed by atoms with E-state index in [0.29, 0.717) is 12.8 Å². The van der Waals surface area contributed by atoms with Gasteiger partial charge in [0.25, 0.3) is 0 Å². The third-order valence-corrected chi connectivity index (χ3v) is 6.02. The smallest absolute Gasteiger partial charge is 0.337 e. The van der Waals surface area contributed by atoms with Gasteiger partial charge < -0.3 is 5.11 Å². The van der Waals surface area contributed by atoms with Gasteiger partial charge in [-0.25, -0.2) is 22.3 Å². The third kappa shape index (κ3) is 3.88. The van der Waals surface area contributed by atoms with Crippen molar-refractivity contribution in [1.82, 2.24) is 4.72 Å². The molecule has 0 radical (unpaired) electrons. The molecule has 9 heteroatoms. The molecule has 0 amide bonds. The van der Waals surface area contributed by atoms with Crippen LogP contribution in [0, 0.1) is 5.82 Å². The Morgan fingerprint density at radius 3 is 2.57 bits per heavy atom. The summed E-state index contributed by atoms with van der Waals surface area (Å²) in [5.41, 5.74) is -0.573. The number of rotatable bonds is 4. The van der Waals surface area contributed by atoms with Crippen LogP contribution in [0.25, 0.3) is 0 Å². The van der Waals surface area contributed by atoms with Crippen molar-refractivity contribution in [3.63, 3.8) is 0 Å². The number of thioether (sulfide) groups is 1. The van der Waals surface area contributed by atoms with Gasteiger partial charge in [0, 0.05) is 6.04 Å². The molecule has 1 aliphatic heterocycles. The van der Waals surface area contributed by atoms with Gasteiger partial charge in [-0.05, 0) is 36.5 Å². The minimum atomic E-state index is -3.98. The molecule has 0 saturated carbocycles. The lowest BCUT2D eigenvalue weighted by Crippen LogP contribution is -2.37. The first-order chi connectivity index (χ1) is 9.81. The number of sulfonamides is 1. The van der Waals surface area contributed by atoms with Crippen LogP contribution < -0.4 is 4.72 Å². The van der Waals surface area contributed by atoms with Crippen LogP contribution in [-0.2, 0) is 10.0 Å². The highest BCUT2D eigenvalue weighted by Crippen LogP contribution is 2.25. The molecule has 0 bridgehead atoms. The van der Waals surface area contributed by atoms with Crippen LogP contribution in [0.3, 0.4) is 0 Å². The summed E-state index contributed by atoms with van der Waals surface area (Å²) < 4.78 is 40.5. The molecular formula is C12H13ClFNO4S2. The summed E-state index contributed by atoms with van der Waals surface area (Å²) in [5.74, 6) is -0.855. The maximum atomic E-state index is 13.6. The van der Waals surface area contributed by atoms with Gasteiger partial charge in [0.1, 0.15) is 5.82 Å². The Hall–Kier alpha value is -0.830. The van der Waals surface area contributed by atoms with Crippen LogP contribution in [0.15, 0.2) is 17.0 Å². The van der Waals surface area contributed by atoms with Crippen LogP contribution in [0.4, 0.5) is 4.39 Å². The van der Waals surface area contributed by atoms with Crippen molar-refractivity contribution in [3.05, 3.63) is 28.5 Å². The summed E-state index contributed by atoms with van der Waals surface area (Å²) in [6.07, 6.45) is 1.37. The Labute approximate surface area is 130 Å². The molecule has 0 aromatic heterocycles. The average Bonchev–Trinajstić information content (AvgIpc) is 2.41. The number of nitrogens with one attached hydrogen (secondary N) is 1. The Kier molecular flexibility index (Phi) is 5.13. The number of carboxylic acids is 1. The summed E-state index contributed by atoms with van der Waals surface area (Å²) in [7, 11) is -3.98. The van der Waals surface area contributed by atoms with Crippen molar-refractivity contribution in [1.29, 1.82) is 0 Å². The minimum absolute atomic E-state index is 0.219. The zero-order chi connectivity index (χ0) is 15.6. The van der Waals surface area contributed by atoms with Gasteiger partial charge in [0.15, 0.2) is 0 Å². The molecule has 116 valence electrons. The van der Waals surface area contributed by atoms with Gasteiger partial charge >= 0.3 is 5.97 Å². The standard InChI is InChI=1S/C12H13ClFNO4S2/c13-11-9(12(16)17)5-8(6-10(11)14)21(18,19)15-7-1-3-20-4-2-7/h5-7,15H,1-4H2,(H,16,17). The number of benzene rings is 1. The maximum absolute atomic E-state index is 13.6. The summed E-state index contributed by atoms with van der Waals surface area (Å²) in [5, 5.41) is 8.33. The first-order valence-electron chi connectivity index (χ1n) is 6.13. The Bertz CT molecular complexity index is 659. The SMILES string of the molecule is O=C(O)c1cc(S(=O)(=O)NC2CCSCC2)cc(F)c1Cl. The molecule has 1 aromatic rings. The van der Waals surface area contributed by atoms with E-state index in [2.05, 4.69) is 4.72 Å². The normalized spacial score (nSPS) is 16.9. The Morgan fingerprint density at radius 1 is 1.38 bits per heavy atom. The lowest BCUT2D eigenvalue weighted by atomic mass is 10.2. The fraction of sp³-hybridized carbons (Fsp3) is 0.417. The van der Waals surface area contributed by atoms with Gasteiger partial charge in [-0.15, -0.1) is 0 Å². The van der Waals surface area contributed by atoms with Crippen molar-refractivity contribution in [2.75, 3.05) is 11.5 Å². The second kappa shape index (κ2) is 6.51. The first-order valence-corrected chi connectivity index (χ1v) is 9.15. The van der Waals surface area contributed by atoms with Gasteiger partial charge in [0.05, 0.1) is 15.5 Å². The summed E-state index contributed by atoms with van der Waals surface area (Å²) in [6.45, 7) is 0. The average molecular weight is 354 g/mol. The van der Waals surface area contributed by atoms with Crippen molar-refractivity contribution in [3.8, 4) is 0 Å². The number of carbonyl (C=O) groups is 1. The summed E-state index contributed by atoms with van der Waals surface area (Å²) >= 11 is 7.27. The van der Waals surface area contributed by atoms with Gasteiger partial charge in [-0.1, -0.05) is 11.6 Å². The molecule has 5 nitrogen and oxygen atoms in total. The van der Waals surface area contributed by atoms with E-state index in [1.165, 1.54) is 0 Å². The molecule has 21 heavy (non-hydrogen) atoms. The second-order valence-electron chi connectivity index (χ2n) is 4.58. The highest BCUT2D eigenvalue weighted by Gasteiger charge is 2.25. The molecule has 0 spiro atoms. The fourth-order valence-corrected chi connectivity index (χ4v) is 4.62. The number of hydrogen-bond acceptors (Lipinski definition) is 4. The number of halogens is 2. The number of aromatic carboxylic acids is 1. The zero-order valence-electron chi connectivity index (χ0n) is 10.8. The molecule has 1 saturated heterocycles. The van der Waals surface area contributed by atoms with Crippen molar-refractivity contribution >= 4 is 39.4 Å². The van der Waals surface area contributed by atoms with Crippen LogP contribution in [0.5, 0.6) is 0 Å². The van der Waals surface area contributed by atoms with E-state index in [9.17, 15) is 17.6 Å². The zero-order valence-corrected chi connectivity index (χ0v) is 13.2.